The molecule has 1 heterocycles. The van der Waals surface area contributed by atoms with Gasteiger partial charge in [-0.15, -0.1) is 24.0 Å². The number of guanidine groups is 1. The zero-order chi connectivity index (χ0) is 18.1. The van der Waals surface area contributed by atoms with Crippen molar-refractivity contribution in [3.63, 3.8) is 0 Å². The van der Waals surface area contributed by atoms with Crippen molar-refractivity contribution in [2.24, 2.45) is 4.99 Å². The first-order valence-corrected chi connectivity index (χ1v) is 9.72. The van der Waals surface area contributed by atoms with E-state index in [2.05, 4.69) is 72.5 Å². The summed E-state index contributed by atoms with van der Waals surface area (Å²) in [5.41, 5.74) is 2.65. The zero-order valence-corrected chi connectivity index (χ0v) is 19.1. The number of benzene rings is 1. The molecule has 1 aliphatic heterocycles. The standard InChI is InChI=1S/C20H35N5.HI/c1-5-21-20(22-12-15-24(4)6-2)23-17(3)18-10-9-11-19(16-18)25-13-7-8-14-25;/h9-11,16-17H,5-8,12-15H2,1-4H3,(H2,21,22,23);1H. The molecule has 1 fully saturated rings. The summed E-state index contributed by atoms with van der Waals surface area (Å²) in [5.74, 6) is 0.895. The second-order valence-corrected chi connectivity index (χ2v) is 6.81. The number of anilines is 1. The Balaban J connectivity index is 0.00000338. The van der Waals surface area contributed by atoms with Gasteiger partial charge < -0.3 is 20.4 Å². The summed E-state index contributed by atoms with van der Waals surface area (Å²) in [4.78, 5) is 9.47. The van der Waals surface area contributed by atoms with Crippen LogP contribution in [-0.4, -0.2) is 57.2 Å². The molecule has 0 saturated carbocycles. The molecule has 6 heteroatoms. The zero-order valence-electron chi connectivity index (χ0n) is 16.8. The Hall–Kier alpha value is -1.02. The van der Waals surface area contributed by atoms with E-state index in [0.29, 0.717) is 0 Å². The minimum atomic E-state index is 0. The summed E-state index contributed by atoms with van der Waals surface area (Å²) in [5, 5.41) is 6.90. The number of aliphatic imine (C=N–C) groups is 1. The van der Waals surface area contributed by atoms with Crippen molar-refractivity contribution in [3.05, 3.63) is 29.8 Å². The van der Waals surface area contributed by atoms with Crippen molar-refractivity contribution in [2.45, 2.75) is 39.7 Å². The molecular weight excluding hydrogens is 437 g/mol. The van der Waals surface area contributed by atoms with Crippen LogP contribution < -0.4 is 15.5 Å². The summed E-state index contributed by atoms with van der Waals surface area (Å²) in [6.45, 7) is 12.5. The molecule has 1 aromatic carbocycles. The average molecular weight is 473 g/mol. The Morgan fingerprint density at radius 1 is 1.27 bits per heavy atom. The number of hydrogen-bond donors (Lipinski definition) is 2. The van der Waals surface area contributed by atoms with E-state index in [1.165, 1.54) is 37.2 Å². The topological polar surface area (TPSA) is 42.9 Å². The van der Waals surface area contributed by atoms with E-state index >= 15 is 0 Å². The summed E-state index contributed by atoms with van der Waals surface area (Å²) in [7, 11) is 2.13. The highest BCUT2D eigenvalue weighted by Gasteiger charge is 2.14. The van der Waals surface area contributed by atoms with E-state index in [4.69, 9.17) is 4.99 Å². The van der Waals surface area contributed by atoms with E-state index in [0.717, 1.165) is 32.1 Å². The molecule has 1 aliphatic rings. The highest BCUT2D eigenvalue weighted by molar-refractivity contribution is 14.0. The second-order valence-electron chi connectivity index (χ2n) is 6.81. The Morgan fingerprint density at radius 3 is 2.65 bits per heavy atom. The SMILES string of the molecule is CCNC(=NCCN(C)CC)NC(C)c1cccc(N2CCCC2)c1.I. The Morgan fingerprint density at radius 2 is 2.00 bits per heavy atom. The number of rotatable bonds is 8. The van der Waals surface area contributed by atoms with Crippen molar-refractivity contribution < 1.29 is 0 Å². The first kappa shape index (κ1) is 23.0. The molecule has 0 spiro atoms. The molecule has 1 unspecified atom stereocenters. The van der Waals surface area contributed by atoms with Gasteiger partial charge in [0.25, 0.3) is 0 Å². The molecular formula is C20H36IN5. The maximum absolute atomic E-state index is 4.71. The lowest BCUT2D eigenvalue weighted by atomic mass is 10.1. The monoisotopic (exact) mass is 473 g/mol. The predicted octanol–water partition coefficient (Wildman–Crippen LogP) is 3.47. The molecule has 0 amide bonds. The maximum atomic E-state index is 4.71. The molecule has 0 bridgehead atoms. The molecule has 0 radical (unpaired) electrons. The van der Waals surface area contributed by atoms with Crippen LogP contribution in [-0.2, 0) is 0 Å². The number of nitrogens with zero attached hydrogens (tertiary/aromatic N) is 3. The summed E-state index contributed by atoms with van der Waals surface area (Å²) in [6.07, 6.45) is 2.61. The molecule has 148 valence electrons. The van der Waals surface area contributed by atoms with Crippen LogP contribution in [0.3, 0.4) is 0 Å². The van der Waals surface area contributed by atoms with Crippen molar-refractivity contribution in [1.29, 1.82) is 0 Å². The molecule has 1 aromatic rings. The fourth-order valence-electron chi connectivity index (χ4n) is 3.07. The summed E-state index contributed by atoms with van der Waals surface area (Å²) in [6, 6.07) is 9.13. The summed E-state index contributed by atoms with van der Waals surface area (Å²) < 4.78 is 0. The molecule has 26 heavy (non-hydrogen) atoms. The molecule has 0 aromatic heterocycles. The van der Waals surface area contributed by atoms with Crippen LogP contribution in [0.15, 0.2) is 29.3 Å². The quantitative estimate of drug-likeness (QED) is 0.345. The van der Waals surface area contributed by atoms with Gasteiger partial charge in [0.2, 0.25) is 0 Å². The average Bonchev–Trinajstić information content (AvgIpc) is 3.16. The van der Waals surface area contributed by atoms with Crippen molar-refractivity contribution in [1.82, 2.24) is 15.5 Å². The van der Waals surface area contributed by atoms with Crippen molar-refractivity contribution in [3.8, 4) is 0 Å². The number of hydrogen-bond acceptors (Lipinski definition) is 3. The van der Waals surface area contributed by atoms with Crippen LogP contribution >= 0.6 is 24.0 Å². The normalized spacial score (nSPS) is 15.7. The van der Waals surface area contributed by atoms with Gasteiger partial charge in [0.05, 0.1) is 12.6 Å². The van der Waals surface area contributed by atoms with Gasteiger partial charge in [-0.1, -0.05) is 19.1 Å². The van der Waals surface area contributed by atoms with E-state index in [1.54, 1.807) is 0 Å². The molecule has 2 rings (SSSR count). The number of nitrogens with one attached hydrogen (secondary N) is 2. The molecule has 1 atom stereocenters. The Kier molecular flexibility index (Phi) is 11.0. The molecule has 0 aliphatic carbocycles. The van der Waals surface area contributed by atoms with Gasteiger partial charge in [-0.25, -0.2) is 0 Å². The van der Waals surface area contributed by atoms with Crippen LogP contribution in [0.25, 0.3) is 0 Å². The largest absolute Gasteiger partial charge is 0.372 e. The van der Waals surface area contributed by atoms with Crippen LogP contribution in [0, 0.1) is 0 Å². The predicted molar refractivity (Wildman–Crippen MR) is 124 cm³/mol. The third-order valence-corrected chi connectivity index (χ3v) is 4.83. The van der Waals surface area contributed by atoms with Gasteiger partial charge in [0.1, 0.15) is 0 Å². The first-order chi connectivity index (χ1) is 12.1. The fourth-order valence-corrected chi connectivity index (χ4v) is 3.07. The fraction of sp³-hybridized carbons (Fsp3) is 0.650. The smallest absolute Gasteiger partial charge is 0.191 e. The van der Waals surface area contributed by atoms with Crippen molar-refractivity contribution >= 4 is 35.6 Å². The maximum Gasteiger partial charge on any atom is 0.191 e. The number of halogens is 1. The first-order valence-electron chi connectivity index (χ1n) is 9.72. The van der Waals surface area contributed by atoms with Gasteiger partial charge in [0.15, 0.2) is 5.96 Å². The highest BCUT2D eigenvalue weighted by atomic mass is 127. The lowest BCUT2D eigenvalue weighted by Gasteiger charge is -2.22. The van der Waals surface area contributed by atoms with Gasteiger partial charge in [-0.2, -0.15) is 0 Å². The van der Waals surface area contributed by atoms with Crippen molar-refractivity contribution in [2.75, 3.05) is 51.2 Å². The van der Waals surface area contributed by atoms with Crippen LogP contribution in [0.4, 0.5) is 5.69 Å². The lowest BCUT2D eigenvalue weighted by Crippen LogP contribution is -2.39. The van der Waals surface area contributed by atoms with Gasteiger partial charge in [-0.3, -0.25) is 4.99 Å². The van der Waals surface area contributed by atoms with Gasteiger partial charge in [0, 0.05) is 31.9 Å². The minimum Gasteiger partial charge on any atom is -0.372 e. The third kappa shape index (κ3) is 7.31. The number of likely N-dealkylation sites (N-methyl/N-ethyl adjacent to an activating group) is 1. The van der Waals surface area contributed by atoms with Gasteiger partial charge in [-0.05, 0) is 58.0 Å². The summed E-state index contributed by atoms with van der Waals surface area (Å²) >= 11 is 0. The lowest BCUT2D eigenvalue weighted by molar-refractivity contribution is 0.363. The Labute approximate surface area is 176 Å². The third-order valence-electron chi connectivity index (χ3n) is 4.83. The second kappa shape index (κ2) is 12.4. The molecule has 2 N–H and O–H groups in total. The van der Waals surface area contributed by atoms with Gasteiger partial charge >= 0.3 is 0 Å². The minimum absolute atomic E-state index is 0. The molecule has 5 nitrogen and oxygen atoms in total. The van der Waals surface area contributed by atoms with Crippen LogP contribution in [0.1, 0.15) is 45.2 Å². The van der Waals surface area contributed by atoms with E-state index in [-0.39, 0.29) is 30.0 Å². The van der Waals surface area contributed by atoms with E-state index in [1.807, 2.05) is 0 Å². The molecule has 1 saturated heterocycles. The highest BCUT2D eigenvalue weighted by Crippen LogP contribution is 2.23. The van der Waals surface area contributed by atoms with Crippen LogP contribution in [0.2, 0.25) is 0 Å². The van der Waals surface area contributed by atoms with E-state index in [9.17, 15) is 0 Å². The van der Waals surface area contributed by atoms with Crippen LogP contribution in [0.5, 0.6) is 0 Å². The van der Waals surface area contributed by atoms with E-state index < -0.39 is 0 Å². The Bertz CT molecular complexity index is 543.